The van der Waals surface area contributed by atoms with Crippen molar-refractivity contribution >= 4 is 11.6 Å². The van der Waals surface area contributed by atoms with E-state index >= 15 is 0 Å². The average molecular weight is 322 g/mol. The molecule has 3 rings (SSSR count). The molecule has 3 nitrogen and oxygen atoms in total. The summed E-state index contributed by atoms with van der Waals surface area (Å²) in [6.45, 7) is 7.53. The maximum Gasteiger partial charge on any atom is 0.253 e. The van der Waals surface area contributed by atoms with Crippen LogP contribution in [0, 0.1) is 0 Å². The van der Waals surface area contributed by atoms with E-state index < -0.39 is 0 Å². The Labute approximate surface area is 144 Å². The number of rotatable bonds is 5. The fourth-order valence-corrected chi connectivity index (χ4v) is 3.44. The molecule has 2 aromatic carbocycles. The zero-order valence-corrected chi connectivity index (χ0v) is 14.7. The van der Waals surface area contributed by atoms with Crippen molar-refractivity contribution in [2.45, 2.75) is 33.2 Å². The second-order valence-electron chi connectivity index (χ2n) is 6.33. The number of aryl methyl sites for hydroxylation is 1. The van der Waals surface area contributed by atoms with Gasteiger partial charge in [0, 0.05) is 37.4 Å². The van der Waals surface area contributed by atoms with E-state index in [-0.39, 0.29) is 5.91 Å². The number of amides is 1. The molecule has 1 heterocycles. The van der Waals surface area contributed by atoms with Gasteiger partial charge in [0.2, 0.25) is 0 Å². The van der Waals surface area contributed by atoms with Crippen LogP contribution in [0.1, 0.15) is 41.8 Å². The van der Waals surface area contributed by atoms with Crippen molar-refractivity contribution in [2.75, 3.05) is 24.5 Å². The minimum absolute atomic E-state index is 0.120. The highest BCUT2D eigenvalue weighted by molar-refractivity contribution is 5.94. The lowest BCUT2D eigenvalue weighted by Crippen LogP contribution is -2.30. The highest BCUT2D eigenvalue weighted by Crippen LogP contribution is 2.28. The molecule has 1 amide bonds. The first kappa shape index (κ1) is 16.6. The SMILES string of the molecule is CCN(CC)C(=O)c1ccc(CN2CCCc3ccccc32)cc1. The van der Waals surface area contributed by atoms with Gasteiger partial charge in [-0.2, -0.15) is 0 Å². The maximum absolute atomic E-state index is 12.4. The fourth-order valence-electron chi connectivity index (χ4n) is 3.44. The minimum atomic E-state index is 0.120. The van der Waals surface area contributed by atoms with E-state index in [1.165, 1.54) is 29.7 Å². The first-order valence-electron chi connectivity index (χ1n) is 8.94. The third-order valence-electron chi connectivity index (χ3n) is 4.83. The van der Waals surface area contributed by atoms with Crippen LogP contribution in [-0.2, 0) is 13.0 Å². The summed E-state index contributed by atoms with van der Waals surface area (Å²) in [5.41, 5.74) is 4.83. The molecule has 1 aliphatic rings. The quantitative estimate of drug-likeness (QED) is 0.826. The molecule has 0 atom stereocenters. The minimum Gasteiger partial charge on any atom is -0.367 e. The normalized spacial score (nSPS) is 13.5. The summed E-state index contributed by atoms with van der Waals surface area (Å²) >= 11 is 0. The van der Waals surface area contributed by atoms with Gasteiger partial charge >= 0.3 is 0 Å². The highest BCUT2D eigenvalue weighted by atomic mass is 16.2. The van der Waals surface area contributed by atoms with E-state index in [0.29, 0.717) is 0 Å². The molecular formula is C21H26N2O. The number of fused-ring (bicyclic) bond motifs is 1. The Bertz CT molecular complexity index is 689. The van der Waals surface area contributed by atoms with E-state index in [0.717, 1.165) is 31.7 Å². The van der Waals surface area contributed by atoms with Crippen LogP contribution in [0.2, 0.25) is 0 Å². The molecule has 24 heavy (non-hydrogen) atoms. The lowest BCUT2D eigenvalue weighted by Gasteiger charge is -2.31. The van der Waals surface area contributed by atoms with Crippen molar-refractivity contribution in [1.82, 2.24) is 4.90 Å². The second-order valence-corrected chi connectivity index (χ2v) is 6.33. The van der Waals surface area contributed by atoms with Gasteiger partial charge in [0.05, 0.1) is 0 Å². The molecule has 1 aliphatic heterocycles. The molecule has 0 saturated heterocycles. The molecule has 0 unspecified atom stereocenters. The molecular weight excluding hydrogens is 296 g/mol. The Balaban J connectivity index is 1.73. The van der Waals surface area contributed by atoms with Crippen LogP contribution in [0.15, 0.2) is 48.5 Å². The smallest absolute Gasteiger partial charge is 0.253 e. The molecule has 0 aliphatic carbocycles. The van der Waals surface area contributed by atoms with Crippen molar-refractivity contribution in [3.63, 3.8) is 0 Å². The number of carbonyl (C=O) groups is 1. The molecule has 126 valence electrons. The summed E-state index contributed by atoms with van der Waals surface area (Å²) in [6, 6.07) is 16.8. The van der Waals surface area contributed by atoms with Crippen LogP contribution in [0.25, 0.3) is 0 Å². The predicted molar refractivity (Wildman–Crippen MR) is 99.5 cm³/mol. The van der Waals surface area contributed by atoms with Gasteiger partial charge in [0.15, 0.2) is 0 Å². The topological polar surface area (TPSA) is 23.6 Å². The molecule has 0 bridgehead atoms. The number of para-hydroxylation sites is 1. The van der Waals surface area contributed by atoms with E-state index in [1.54, 1.807) is 0 Å². The summed E-state index contributed by atoms with van der Waals surface area (Å²) in [5, 5.41) is 0. The zero-order chi connectivity index (χ0) is 16.9. The number of carbonyl (C=O) groups excluding carboxylic acids is 1. The first-order chi connectivity index (χ1) is 11.7. The monoisotopic (exact) mass is 322 g/mol. The Morgan fingerprint density at radius 1 is 1.04 bits per heavy atom. The fraction of sp³-hybridized carbons (Fsp3) is 0.381. The third-order valence-corrected chi connectivity index (χ3v) is 4.83. The van der Waals surface area contributed by atoms with Crippen LogP contribution in [-0.4, -0.2) is 30.4 Å². The van der Waals surface area contributed by atoms with Crippen molar-refractivity contribution < 1.29 is 4.79 Å². The zero-order valence-electron chi connectivity index (χ0n) is 14.7. The number of hydrogen-bond acceptors (Lipinski definition) is 2. The van der Waals surface area contributed by atoms with E-state index in [4.69, 9.17) is 0 Å². The van der Waals surface area contributed by atoms with Crippen LogP contribution >= 0.6 is 0 Å². The number of nitrogens with zero attached hydrogens (tertiary/aromatic N) is 2. The Morgan fingerprint density at radius 2 is 1.75 bits per heavy atom. The van der Waals surface area contributed by atoms with Crippen LogP contribution < -0.4 is 4.90 Å². The summed E-state index contributed by atoms with van der Waals surface area (Å²) in [4.78, 5) is 16.7. The van der Waals surface area contributed by atoms with Crippen molar-refractivity contribution in [2.24, 2.45) is 0 Å². The van der Waals surface area contributed by atoms with Crippen molar-refractivity contribution in [3.8, 4) is 0 Å². The summed E-state index contributed by atoms with van der Waals surface area (Å²) in [5.74, 6) is 0.120. The molecule has 2 aromatic rings. The molecule has 0 fully saturated rings. The molecule has 0 N–H and O–H groups in total. The molecule has 0 radical (unpaired) electrons. The van der Waals surface area contributed by atoms with E-state index in [9.17, 15) is 4.79 Å². The van der Waals surface area contributed by atoms with Gasteiger partial charge in [0.1, 0.15) is 0 Å². The molecule has 0 saturated carbocycles. The third kappa shape index (κ3) is 3.45. The second kappa shape index (κ2) is 7.52. The van der Waals surface area contributed by atoms with Crippen molar-refractivity contribution in [1.29, 1.82) is 0 Å². The van der Waals surface area contributed by atoms with Crippen molar-refractivity contribution in [3.05, 3.63) is 65.2 Å². The van der Waals surface area contributed by atoms with Gasteiger partial charge < -0.3 is 9.80 Å². The Morgan fingerprint density at radius 3 is 2.46 bits per heavy atom. The lowest BCUT2D eigenvalue weighted by atomic mass is 10.0. The summed E-state index contributed by atoms with van der Waals surface area (Å²) in [6.07, 6.45) is 2.37. The van der Waals surface area contributed by atoms with Gasteiger partial charge in [-0.1, -0.05) is 30.3 Å². The van der Waals surface area contributed by atoms with E-state index in [2.05, 4.69) is 41.3 Å². The summed E-state index contributed by atoms with van der Waals surface area (Å²) < 4.78 is 0. The van der Waals surface area contributed by atoms with Crippen LogP contribution in [0.3, 0.4) is 0 Å². The lowest BCUT2D eigenvalue weighted by molar-refractivity contribution is 0.0773. The summed E-state index contributed by atoms with van der Waals surface area (Å²) in [7, 11) is 0. The number of hydrogen-bond donors (Lipinski definition) is 0. The standard InChI is InChI=1S/C21H26N2O/c1-3-22(4-2)21(24)19-13-11-17(12-14-19)16-23-15-7-9-18-8-5-6-10-20(18)23/h5-6,8,10-14H,3-4,7,9,15-16H2,1-2H3. The Kier molecular flexibility index (Phi) is 5.19. The molecule has 0 aromatic heterocycles. The average Bonchev–Trinajstić information content (AvgIpc) is 2.63. The molecule has 3 heteroatoms. The van der Waals surface area contributed by atoms with Gasteiger partial charge in [-0.15, -0.1) is 0 Å². The van der Waals surface area contributed by atoms with Crippen LogP contribution in [0.5, 0.6) is 0 Å². The first-order valence-corrected chi connectivity index (χ1v) is 8.94. The molecule has 0 spiro atoms. The van der Waals surface area contributed by atoms with Gasteiger partial charge in [0.25, 0.3) is 5.91 Å². The highest BCUT2D eigenvalue weighted by Gasteiger charge is 2.17. The van der Waals surface area contributed by atoms with Crippen LogP contribution in [0.4, 0.5) is 5.69 Å². The van der Waals surface area contributed by atoms with E-state index in [1.807, 2.05) is 30.9 Å². The largest absolute Gasteiger partial charge is 0.367 e. The van der Waals surface area contributed by atoms with Gasteiger partial charge in [-0.25, -0.2) is 0 Å². The Hall–Kier alpha value is -2.29. The number of anilines is 1. The van der Waals surface area contributed by atoms with Gasteiger partial charge in [-0.05, 0) is 56.0 Å². The maximum atomic E-state index is 12.4. The predicted octanol–water partition coefficient (Wildman–Crippen LogP) is 4.12. The van der Waals surface area contributed by atoms with Gasteiger partial charge in [-0.3, -0.25) is 4.79 Å². The number of benzene rings is 2.